The fraction of sp³-hybridized carbons (Fsp3) is 1.00. The second kappa shape index (κ2) is 1.69. The van der Waals surface area contributed by atoms with E-state index in [0.717, 1.165) is 0 Å². The van der Waals surface area contributed by atoms with Crippen LogP contribution in [0.1, 0.15) is 13.8 Å². The van der Waals surface area contributed by atoms with Gasteiger partial charge < -0.3 is 5.11 Å². The van der Waals surface area contributed by atoms with Gasteiger partial charge in [0.25, 0.3) is 0 Å². The zero-order chi connectivity index (χ0) is 6.20. The quantitative estimate of drug-likeness (QED) is 0.418. The first-order chi connectivity index (χ1) is 3.67. The van der Waals surface area contributed by atoms with Gasteiger partial charge in [-0.2, -0.15) is 9.78 Å². The monoisotopic (exact) mass is 118 g/mol. The molecule has 0 aromatic carbocycles. The van der Waals surface area contributed by atoms with Crippen molar-refractivity contribution in [2.75, 3.05) is 6.61 Å². The van der Waals surface area contributed by atoms with Gasteiger partial charge in [-0.05, 0) is 0 Å². The van der Waals surface area contributed by atoms with Gasteiger partial charge in [0.1, 0.15) is 0 Å². The van der Waals surface area contributed by atoms with Crippen molar-refractivity contribution >= 4 is 0 Å². The summed E-state index contributed by atoms with van der Waals surface area (Å²) in [5, 5.41) is 8.64. The highest BCUT2D eigenvalue weighted by atomic mass is 17.4. The van der Waals surface area contributed by atoms with Crippen LogP contribution in [0.4, 0.5) is 0 Å². The first kappa shape index (κ1) is 6.01. The zero-order valence-corrected chi connectivity index (χ0v) is 5.05. The van der Waals surface area contributed by atoms with Crippen molar-refractivity contribution in [3.05, 3.63) is 0 Å². The molecule has 0 saturated carbocycles. The molecule has 8 heavy (non-hydrogen) atoms. The highest BCUT2D eigenvalue weighted by molar-refractivity contribution is 4.73. The minimum absolute atomic E-state index is 0.0949. The molecule has 1 N–H and O–H groups in total. The zero-order valence-electron chi connectivity index (χ0n) is 5.05. The molecule has 0 unspecified atom stereocenters. The average molecular weight is 118 g/mol. The van der Waals surface area contributed by atoms with E-state index in [1.54, 1.807) is 0 Å². The van der Waals surface area contributed by atoms with E-state index in [0.29, 0.717) is 0 Å². The summed E-state index contributed by atoms with van der Waals surface area (Å²) in [6, 6.07) is 0. The molecule has 3 heteroatoms. The lowest BCUT2D eigenvalue weighted by molar-refractivity contribution is 0.0850. The fourth-order valence-corrected chi connectivity index (χ4v) is 0.363. The number of aliphatic hydroxyl groups is 1. The summed E-state index contributed by atoms with van der Waals surface area (Å²) in [6.07, 6.45) is -0.188. The summed E-state index contributed by atoms with van der Waals surface area (Å²) in [5.41, 5.74) is -0.236. The molecule has 1 rings (SSSR count). The van der Waals surface area contributed by atoms with Crippen LogP contribution in [0.15, 0.2) is 0 Å². The number of hydrogen-bond acceptors (Lipinski definition) is 3. The van der Waals surface area contributed by atoms with Gasteiger partial charge in [-0.1, -0.05) is 13.8 Å². The molecule has 0 bridgehead atoms. The van der Waals surface area contributed by atoms with Crippen molar-refractivity contribution in [2.24, 2.45) is 5.41 Å². The van der Waals surface area contributed by atoms with Crippen LogP contribution >= 0.6 is 0 Å². The molecule has 0 atom stereocenters. The Kier molecular flexibility index (Phi) is 1.27. The summed E-state index contributed by atoms with van der Waals surface area (Å²) in [5.74, 6) is 0. The van der Waals surface area contributed by atoms with E-state index in [2.05, 4.69) is 9.78 Å². The van der Waals surface area contributed by atoms with Crippen molar-refractivity contribution in [2.45, 2.75) is 20.1 Å². The van der Waals surface area contributed by atoms with Crippen LogP contribution in [0.2, 0.25) is 0 Å². The van der Waals surface area contributed by atoms with Gasteiger partial charge in [0.2, 0.25) is 6.29 Å². The highest BCUT2D eigenvalue weighted by Gasteiger charge is 2.42. The van der Waals surface area contributed by atoms with Crippen molar-refractivity contribution in [1.29, 1.82) is 0 Å². The van der Waals surface area contributed by atoms with E-state index < -0.39 is 0 Å². The third kappa shape index (κ3) is 0.992. The molecule has 1 aliphatic heterocycles. The summed E-state index contributed by atoms with van der Waals surface area (Å²) >= 11 is 0. The highest BCUT2D eigenvalue weighted by Crippen LogP contribution is 2.32. The molecule has 0 amide bonds. The minimum Gasteiger partial charge on any atom is -0.396 e. The number of rotatable bonds is 2. The SMILES string of the molecule is CC(C)(CO)C1OO1. The Hall–Kier alpha value is -0.120. The van der Waals surface area contributed by atoms with Crippen LogP contribution in [0.25, 0.3) is 0 Å². The number of aliphatic hydroxyl groups excluding tert-OH is 1. The Labute approximate surface area is 48.1 Å². The van der Waals surface area contributed by atoms with Gasteiger partial charge in [-0.25, -0.2) is 0 Å². The van der Waals surface area contributed by atoms with Gasteiger partial charge in [0, 0.05) is 5.41 Å². The molecule has 0 radical (unpaired) electrons. The maximum atomic E-state index is 8.64. The van der Waals surface area contributed by atoms with Crippen LogP contribution in [0.3, 0.4) is 0 Å². The van der Waals surface area contributed by atoms with Crippen molar-refractivity contribution in [3.63, 3.8) is 0 Å². The molecule has 48 valence electrons. The lowest BCUT2D eigenvalue weighted by atomic mass is 9.95. The normalized spacial score (nSPS) is 21.4. The Morgan fingerprint density at radius 2 is 2.00 bits per heavy atom. The van der Waals surface area contributed by atoms with Gasteiger partial charge in [0.05, 0.1) is 6.61 Å². The van der Waals surface area contributed by atoms with E-state index in [-0.39, 0.29) is 18.3 Å². The summed E-state index contributed by atoms with van der Waals surface area (Å²) in [6.45, 7) is 3.85. The molecular weight excluding hydrogens is 108 g/mol. The van der Waals surface area contributed by atoms with Gasteiger partial charge in [-0.15, -0.1) is 0 Å². The second-order valence-electron chi connectivity index (χ2n) is 2.67. The smallest absolute Gasteiger partial charge is 0.231 e. The fourth-order valence-electron chi connectivity index (χ4n) is 0.363. The third-order valence-corrected chi connectivity index (χ3v) is 1.24. The molecule has 1 saturated heterocycles. The van der Waals surface area contributed by atoms with Gasteiger partial charge in [-0.3, -0.25) is 0 Å². The minimum atomic E-state index is -0.236. The molecule has 0 aromatic rings. The van der Waals surface area contributed by atoms with E-state index >= 15 is 0 Å². The van der Waals surface area contributed by atoms with Crippen LogP contribution in [0.5, 0.6) is 0 Å². The molecular formula is C5H10O3. The van der Waals surface area contributed by atoms with E-state index in [1.165, 1.54) is 0 Å². The summed E-state index contributed by atoms with van der Waals surface area (Å²) in [4.78, 5) is 9.01. The second-order valence-corrected chi connectivity index (χ2v) is 2.67. The Balaban J connectivity index is 2.37. The molecule has 3 nitrogen and oxygen atoms in total. The summed E-state index contributed by atoms with van der Waals surface area (Å²) in [7, 11) is 0. The van der Waals surface area contributed by atoms with Crippen LogP contribution < -0.4 is 0 Å². The first-order valence-corrected chi connectivity index (χ1v) is 2.60. The molecule has 1 aliphatic rings. The van der Waals surface area contributed by atoms with Crippen molar-refractivity contribution in [3.8, 4) is 0 Å². The lowest BCUT2D eigenvalue weighted by Gasteiger charge is -2.13. The maximum absolute atomic E-state index is 8.64. The predicted octanol–water partition coefficient (Wildman–Crippen LogP) is 0.293. The average Bonchev–Trinajstić information content (AvgIpc) is 2.44. The molecule has 0 aliphatic carbocycles. The molecule has 1 heterocycles. The Morgan fingerprint density at radius 1 is 1.50 bits per heavy atom. The largest absolute Gasteiger partial charge is 0.396 e. The van der Waals surface area contributed by atoms with Crippen molar-refractivity contribution in [1.82, 2.24) is 0 Å². The van der Waals surface area contributed by atoms with Crippen LogP contribution in [-0.4, -0.2) is 18.0 Å². The van der Waals surface area contributed by atoms with E-state index in [9.17, 15) is 0 Å². The van der Waals surface area contributed by atoms with Gasteiger partial charge >= 0.3 is 0 Å². The standard InChI is InChI=1S/C5H10O3/c1-5(2,3-6)4-7-8-4/h4,6H,3H2,1-2H3. The summed E-state index contributed by atoms with van der Waals surface area (Å²) < 4.78 is 0. The Bertz CT molecular complexity index is 85.7. The van der Waals surface area contributed by atoms with Crippen molar-refractivity contribution < 1.29 is 14.9 Å². The molecule has 1 fully saturated rings. The third-order valence-electron chi connectivity index (χ3n) is 1.24. The topological polar surface area (TPSA) is 45.3 Å². The molecule has 0 spiro atoms. The van der Waals surface area contributed by atoms with E-state index in [1.807, 2.05) is 13.8 Å². The Morgan fingerprint density at radius 3 is 2.12 bits per heavy atom. The first-order valence-electron chi connectivity index (χ1n) is 2.60. The van der Waals surface area contributed by atoms with Crippen LogP contribution in [-0.2, 0) is 9.78 Å². The molecule has 0 aromatic heterocycles. The predicted molar refractivity (Wildman–Crippen MR) is 26.8 cm³/mol. The van der Waals surface area contributed by atoms with Gasteiger partial charge in [0.15, 0.2) is 0 Å². The van der Waals surface area contributed by atoms with Crippen LogP contribution in [0, 0.1) is 5.41 Å². The maximum Gasteiger partial charge on any atom is 0.231 e. The lowest BCUT2D eigenvalue weighted by Crippen LogP contribution is -2.23. The number of hydrogen-bond donors (Lipinski definition) is 1. The van der Waals surface area contributed by atoms with E-state index in [4.69, 9.17) is 5.11 Å².